The summed E-state index contributed by atoms with van der Waals surface area (Å²) < 4.78 is 10.5. The minimum absolute atomic E-state index is 0.568. The molecule has 0 unspecified atom stereocenters. The monoisotopic (exact) mass is 272 g/mol. The van der Waals surface area contributed by atoms with E-state index < -0.39 is 0 Å². The highest BCUT2D eigenvalue weighted by atomic mass is 16.5. The molecule has 0 fully saturated rings. The summed E-state index contributed by atoms with van der Waals surface area (Å²) >= 11 is 0. The molecule has 2 aromatic rings. The molecule has 1 heterocycles. The number of nitrogens with one attached hydrogen (secondary N) is 1. The maximum absolute atomic E-state index is 5.51. The zero-order valence-corrected chi connectivity index (χ0v) is 11.9. The molecule has 4 nitrogen and oxygen atoms in total. The molecule has 1 aromatic carbocycles. The summed E-state index contributed by atoms with van der Waals surface area (Å²) in [6.45, 7) is 3.91. The fraction of sp³-hybridized carbons (Fsp3) is 0.312. The summed E-state index contributed by atoms with van der Waals surface area (Å²) in [5, 5.41) is 3.35. The van der Waals surface area contributed by atoms with Gasteiger partial charge in [-0.15, -0.1) is 0 Å². The molecule has 0 radical (unpaired) electrons. The van der Waals surface area contributed by atoms with Crippen LogP contribution < -0.4 is 10.1 Å². The van der Waals surface area contributed by atoms with Crippen LogP contribution >= 0.6 is 0 Å². The molecule has 20 heavy (non-hydrogen) atoms. The first-order valence-electron chi connectivity index (χ1n) is 6.65. The fourth-order valence-corrected chi connectivity index (χ4v) is 1.72. The number of aryl methyl sites for hydroxylation is 1. The van der Waals surface area contributed by atoms with Crippen LogP contribution in [0.25, 0.3) is 0 Å². The average Bonchev–Trinajstić information content (AvgIpc) is 2.48. The molecule has 0 aliphatic rings. The third kappa shape index (κ3) is 4.55. The zero-order chi connectivity index (χ0) is 14.2. The molecule has 4 heteroatoms. The number of hydrogen-bond donors (Lipinski definition) is 1. The minimum atomic E-state index is 0.568. The molecule has 2 rings (SSSR count). The Bertz CT molecular complexity index is 509. The Kier molecular flexibility index (Phi) is 5.38. The van der Waals surface area contributed by atoms with Gasteiger partial charge < -0.3 is 14.8 Å². The number of nitrogens with zero attached hydrogens (tertiary/aromatic N) is 1. The number of aromatic nitrogens is 1. The highest BCUT2D eigenvalue weighted by molar-refractivity contribution is 5.46. The van der Waals surface area contributed by atoms with Gasteiger partial charge in [-0.3, -0.25) is 4.98 Å². The topological polar surface area (TPSA) is 43.4 Å². The number of anilines is 1. The van der Waals surface area contributed by atoms with Crippen molar-refractivity contribution in [1.82, 2.24) is 4.98 Å². The van der Waals surface area contributed by atoms with Crippen molar-refractivity contribution in [2.75, 3.05) is 25.6 Å². The van der Waals surface area contributed by atoms with E-state index in [9.17, 15) is 0 Å². The molecule has 0 aliphatic carbocycles. The van der Waals surface area contributed by atoms with Gasteiger partial charge in [0.05, 0.1) is 6.61 Å². The molecular formula is C16H20N2O2. The van der Waals surface area contributed by atoms with Crippen LogP contribution in [-0.4, -0.2) is 25.3 Å². The second-order valence-electron chi connectivity index (χ2n) is 4.53. The van der Waals surface area contributed by atoms with E-state index in [2.05, 4.69) is 16.4 Å². The smallest absolute Gasteiger partial charge is 0.119 e. The number of ether oxygens (including phenoxy) is 2. The highest BCUT2D eigenvalue weighted by Crippen LogP contribution is 2.16. The van der Waals surface area contributed by atoms with Gasteiger partial charge in [0.15, 0.2) is 0 Å². The van der Waals surface area contributed by atoms with Gasteiger partial charge in [0.1, 0.15) is 12.4 Å². The van der Waals surface area contributed by atoms with Gasteiger partial charge in [0.25, 0.3) is 0 Å². The SMILES string of the molecule is COCCOc1ccc(NCc2ccc(C)nc2)cc1. The standard InChI is InChI=1S/C16H20N2O2/c1-13-3-4-14(11-17-13)12-18-15-5-7-16(8-6-15)20-10-9-19-2/h3-8,11,18H,9-10,12H2,1-2H3. The Labute approximate surface area is 119 Å². The van der Waals surface area contributed by atoms with Crippen molar-refractivity contribution in [3.05, 3.63) is 53.9 Å². The van der Waals surface area contributed by atoms with Gasteiger partial charge >= 0.3 is 0 Å². The Hall–Kier alpha value is -2.07. The number of benzene rings is 1. The summed E-state index contributed by atoms with van der Waals surface area (Å²) in [4.78, 5) is 4.28. The predicted octanol–water partition coefficient (Wildman–Crippen LogP) is 3.03. The molecule has 0 spiro atoms. The van der Waals surface area contributed by atoms with Crippen molar-refractivity contribution < 1.29 is 9.47 Å². The van der Waals surface area contributed by atoms with Crippen LogP contribution in [0.5, 0.6) is 5.75 Å². The van der Waals surface area contributed by atoms with E-state index in [1.165, 1.54) is 0 Å². The maximum Gasteiger partial charge on any atom is 0.119 e. The summed E-state index contributed by atoms with van der Waals surface area (Å²) in [6, 6.07) is 12.0. The van der Waals surface area contributed by atoms with Crippen molar-refractivity contribution in [1.29, 1.82) is 0 Å². The Balaban J connectivity index is 1.82. The third-order valence-corrected chi connectivity index (χ3v) is 2.88. The number of methoxy groups -OCH3 is 1. The summed E-state index contributed by atoms with van der Waals surface area (Å²) in [6.07, 6.45) is 1.89. The minimum Gasteiger partial charge on any atom is -0.491 e. The van der Waals surface area contributed by atoms with Gasteiger partial charge in [-0.05, 0) is 42.8 Å². The van der Waals surface area contributed by atoms with Crippen molar-refractivity contribution in [2.24, 2.45) is 0 Å². The third-order valence-electron chi connectivity index (χ3n) is 2.88. The lowest BCUT2D eigenvalue weighted by molar-refractivity contribution is 0.146. The molecule has 0 saturated heterocycles. The van der Waals surface area contributed by atoms with E-state index in [1.54, 1.807) is 7.11 Å². The largest absolute Gasteiger partial charge is 0.491 e. The quantitative estimate of drug-likeness (QED) is 0.787. The van der Waals surface area contributed by atoms with Gasteiger partial charge in [0.2, 0.25) is 0 Å². The van der Waals surface area contributed by atoms with Crippen LogP contribution in [-0.2, 0) is 11.3 Å². The molecule has 0 saturated carbocycles. The predicted molar refractivity (Wildman–Crippen MR) is 80.1 cm³/mol. The first-order valence-corrected chi connectivity index (χ1v) is 6.65. The lowest BCUT2D eigenvalue weighted by atomic mass is 10.2. The van der Waals surface area contributed by atoms with E-state index in [0.29, 0.717) is 13.2 Å². The van der Waals surface area contributed by atoms with Crippen molar-refractivity contribution in [3.8, 4) is 5.75 Å². The molecular weight excluding hydrogens is 252 g/mol. The van der Waals surface area contributed by atoms with Crippen LogP contribution in [0.3, 0.4) is 0 Å². The molecule has 0 atom stereocenters. The van der Waals surface area contributed by atoms with Gasteiger partial charge in [-0.2, -0.15) is 0 Å². The number of hydrogen-bond acceptors (Lipinski definition) is 4. The highest BCUT2D eigenvalue weighted by Gasteiger charge is 1.97. The van der Waals surface area contributed by atoms with Gasteiger partial charge in [-0.1, -0.05) is 6.07 Å². The number of pyridine rings is 1. The average molecular weight is 272 g/mol. The van der Waals surface area contributed by atoms with E-state index in [-0.39, 0.29) is 0 Å². The molecule has 1 aromatic heterocycles. The van der Waals surface area contributed by atoms with E-state index >= 15 is 0 Å². The molecule has 106 valence electrons. The molecule has 0 aliphatic heterocycles. The Morgan fingerprint density at radius 2 is 1.85 bits per heavy atom. The van der Waals surface area contributed by atoms with E-state index in [4.69, 9.17) is 9.47 Å². The maximum atomic E-state index is 5.51. The molecule has 0 amide bonds. The first-order chi connectivity index (χ1) is 9.78. The summed E-state index contributed by atoms with van der Waals surface area (Å²) in [7, 11) is 1.66. The lowest BCUT2D eigenvalue weighted by Crippen LogP contribution is -2.04. The molecule has 1 N–H and O–H groups in total. The Morgan fingerprint density at radius 1 is 1.05 bits per heavy atom. The zero-order valence-electron chi connectivity index (χ0n) is 11.9. The van der Waals surface area contributed by atoms with Gasteiger partial charge in [0, 0.05) is 31.2 Å². The van der Waals surface area contributed by atoms with E-state index in [1.807, 2.05) is 43.5 Å². The second-order valence-corrected chi connectivity index (χ2v) is 4.53. The van der Waals surface area contributed by atoms with Crippen LogP contribution in [0.15, 0.2) is 42.6 Å². The summed E-state index contributed by atoms with van der Waals surface area (Å²) in [5.74, 6) is 0.851. The first kappa shape index (κ1) is 14.3. The Morgan fingerprint density at radius 3 is 2.50 bits per heavy atom. The van der Waals surface area contributed by atoms with Crippen molar-refractivity contribution >= 4 is 5.69 Å². The fourth-order valence-electron chi connectivity index (χ4n) is 1.72. The van der Waals surface area contributed by atoms with Crippen molar-refractivity contribution in [3.63, 3.8) is 0 Å². The van der Waals surface area contributed by atoms with Gasteiger partial charge in [-0.25, -0.2) is 0 Å². The lowest BCUT2D eigenvalue weighted by Gasteiger charge is -2.09. The van der Waals surface area contributed by atoms with Crippen LogP contribution in [0.1, 0.15) is 11.3 Å². The van der Waals surface area contributed by atoms with E-state index in [0.717, 1.165) is 29.2 Å². The van der Waals surface area contributed by atoms with Crippen LogP contribution in [0, 0.1) is 6.92 Å². The summed E-state index contributed by atoms with van der Waals surface area (Å²) in [5.41, 5.74) is 3.26. The van der Waals surface area contributed by atoms with Crippen molar-refractivity contribution in [2.45, 2.75) is 13.5 Å². The number of rotatable bonds is 7. The van der Waals surface area contributed by atoms with Crippen LogP contribution in [0.4, 0.5) is 5.69 Å². The second kappa shape index (κ2) is 7.50. The molecule has 0 bridgehead atoms. The normalized spacial score (nSPS) is 10.3. The van der Waals surface area contributed by atoms with Crippen LogP contribution in [0.2, 0.25) is 0 Å².